The summed E-state index contributed by atoms with van der Waals surface area (Å²) in [6.07, 6.45) is 4.02. The van der Waals surface area contributed by atoms with Gasteiger partial charge in [-0.1, -0.05) is 13.3 Å². The largest absolute Gasteiger partial charge is 0.376 e. The van der Waals surface area contributed by atoms with Gasteiger partial charge in [0.2, 0.25) is 0 Å². The Morgan fingerprint density at radius 2 is 2.36 bits per heavy atom. The van der Waals surface area contributed by atoms with Gasteiger partial charge in [0.25, 0.3) is 0 Å². The van der Waals surface area contributed by atoms with Crippen LogP contribution >= 0.6 is 0 Å². The third-order valence-electron chi connectivity index (χ3n) is 3.65. The van der Waals surface area contributed by atoms with Crippen LogP contribution in [0.4, 0.5) is 0 Å². The summed E-state index contributed by atoms with van der Waals surface area (Å²) in [6.45, 7) is 5.36. The lowest BCUT2D eigenvalue weighted by molar-refractivity contribution is -0.0221. The Balaban J connectivity index is 1.81. The fraction of sp³-hybridized carbons (Fsp3) is 1.00. The number of rotatable bonds is 4. The average molecular weight is 198 g/mol. The SMILES string of the molecule is CCCC(C)NC1C(N)C2CCOC21. The van der Waals surface area contributed by atoms with E-state index in [1.807, 2.05) is 0 Å². The van der Waals surface area contributed by atoms with Crippen LogP contribution in [0.25, 0.3) is 0 Å². The molecule has 0 amide bonds. The van der Waals surface area contributed by atoms with Crippen molar-refractivity contribution in [3.63, 3.8) is 0 Å². The zero-order valence-corrected chi connectivity index (χ0v) is 9.20. The number of hydrogen-bond acceptors (Lipinski definition) is 3. The zero-order chi connectivity index (χ0) is 10.1. The number of nitrogens with two attached hydrogens (primary N) is 1. The molecule has 2 aliphatic rings. The first-order valence-corrected chi connectivity index (χ1v) is 5.87. The van der Waals surface area contributed by atoms with Gasteiger partial charge >= 0.3 is 0 Å². The van der Waals surface area contributed by atoms with Gasteiger partial charge in [-0.2, -0.15) is 0 Å². The van der Waals surface area contributed by atoms with E-state index in [4.69, 9.17) is 10.5 Å². The predicted octanol–water partition coefficient (Wildman–Crippen LogP) is 0.879. The molecule has 2 fully saturated rings. The summed E-state index contributed by atoms with van der Waals surface area (Å²) in [5.41, 5.74) is 6.11. The standard InChI is InChI=1S/C11H22N2O/c1-3-4-7(2)13-10-9(12)8-5-6-14-11(8)10/h7-11,13H,3-6,12H2,1-2H3. The fourth-order valence-electron chi connectivity index (χ4n) is 2.80. The second kappa shape index (κ2) is 4.17. The van der Waals surface area contributed by atoms with Crippen molar-refractivity contribution in [3.05, 3.63) is 0 Å². The van der Waals surface area contributed by atoms with E-state index < -0.39 is 0 Å². The lowest BCUT2D eigenvalue weighted by Gasteiger charge is -2.47. The molecule has 1 aliphatic heterocycles. The van der Waals surface area contributed by atoms with Crippen LogP contribution in [0.3, 0.4) is 0 Å². The van der Waals surface area contributed by atoms with Gasteiger partial charge in [-0.05, 0) is 19.8 Å². The molecule has 3 N–H and O–H groups in total. The van der Waals surface area contributed by atoms with Gasteiger partial charge in [0.1, 0.15) is 0 Å². The summed E-state index contributed by atoms with van der Waals surface area (Å²) < 4.78 is 5.67. The Labute approximate surface area is 86.4 Å². The van der Waals surface area contributed by atoms with Crippen molar-refractivity contribution >= 4 is 0 Å². The zero-order valence-electron chi connectivity index (χ0n) is 9.20. The van der Waals surface area contributed by atoms with Crippen molar-refractivity contribution < 1.29 is 4.74 Å². The maximum atomic E-state index is 6.11. The summed E-state index contributed by atoms with van der Waals surface area (Å²) in [7, 11) is 0. The molecule has 1 heterocycles. The molecule has 0 aromatic carbocycles. The van der Waals surface area contributed by atoms with Crippen molar-refractivity contribution in [1.82, 2.24) is 5.32 Å². The molecule has 5 atom stereocenters. The number of hydrogen-bond donors (Lipinski definition) is 2. The highest BCUT2D eigenvalue weighted by Gasteiger charge is 2.52. The van der Waals surface area contributed by atoms with Crippen molar-refractivity contribution in [2.45, 2.75) is 57.3 Å². The summed E-state index contributed by atoms with van der Waals surface area (Å²) in [5, 5.41) is 3.59. The lowest BCUT2D eigenvalue weighted by atomic mass is 9.72. The van der Waals surface area contributed by atoms with Crippen LogP contribution in [-0.2, 0) is 4.74 Å². The quantitative estimate of drug-likeness (QED) is 0.705. The first kappa shape index (κ1) is 10.4. The Morgan fingerprint density at radius 1 is 1.57 bits per heavy atom. The summed E-state index contributed by atoms with van der Waals surface area (Å²) in [6, 6.07) is 1.30. The van der Waals surface area contributed by atoms with Crippen LogP contribution in [0.2, 0.25) is 0 Å². The van der Waals surface area contributed by atoms with Gasteiger partial charge in [0, 0.05) is 30.7 Å². The van der Waals surface area contributed by atoms with Crippen LogP contribution in [0.15, 0.2) is 0 Å². The van der Waals surface area contributed by atoms with Crippen molar-refractivity contribution in [2.24, 2.45) is 11.7 Å². The minimum Gasteiger partial charge on any atom is -0.376 e. The first-order valence-electron chi connectivity index (χ1n) is 5.87. The minimum atomic E-state index is 0.321. The van der Waals surface area contributed by atoms with E-state index >= 15 is 0 Å². The Bertz CT molecular complexity index is 198. The highest BCUT2D eigenvalue weighted by molar-refractivity contribution is 5.09. The van der Waals surface area contributed by atoms with Crippen LogP contribution < -0.4 is 11.1 Å². The smallest absolute Gasteiger partial charge is 0.0787 e. The molecule has 14 heavy (non-hydrogen) atoms. The summed E-state index contributed by atoms with van der Waals surface area (Å²) in [4.78, 5) is 0. The van der Waals surface area contributed by atoms with Crippen LogP contribution in [0.1, 0.15) is 33.1 Å². The number of nitrogens with one attached hydrogen (secondary N) is 1. The molecule has 0 aromatic rings. The molecular formula is C11H22N2O. The molecule has 1 saturated carbocycles. The molecule has 3 heteroatoms. The molecule has 0 bridgehead atoms. The van der Waals surface area contributed by atoms with E-state index in [-0.39, 0.29) is 0 Å². The van der Waals surface area contributed by atoms with Gasteiger partial charge in [0.15, 0.2) is 0 Å². The molecule has 2 rings (SSSR count). The molecule has 0 radical (unpaired) electrons. The van der Waals surface area contributed by atoms with Crippen molar-refractivity contribution in [2.75, 3.05) is 6.61 Å². The normalized spacial score (nSPS) is 43.1. The van der Waals surface area contributed by atoms with Crippen LogP contribution in [0, 0.1) is 5.92 Å². The molecule has 82 valence electrons. The van der Waals surface area contributed by atoms with Gasteiger partial charge < -0.3 is 15.8 Å². The third-order valence-corrected chi connectivity index (χ3v) is 3.65. The third kappa shape index (κ3) is 1.69. The van der Waals surface area contributed by atoms with Gasteiger partial charge in [-0.15, -0.1) is 0 Å². The molecule has 0 spiro atoms. The minimum absolute atomic E-state index is 0.321. The fourth-order valence-corrected chi connectivity index (χ4v) is 2.80. The van der Waals surface area contributed by atoms with Gasteiger partial charge in [-0.25, -0.2) is 0 Å². The van der Waals surface area contributed by atoms with Crippen LogP contribution in [-0.4, -0.2) is 30.8 Å². The Kier molecular flexibility index (Phi) is 3.10. The maximum Gasteiger partial charge on any atom is 0.0787 e. The van der Waals surface area contributed by atoms with E-state index in [1.165, 1.54) is 12.8 Å². The van der Waals surface area contributed by atoms with Crippen LogP contribution in [0.5, 0.6) is 0 Å². The van der Waals surface area contributed by atoms with Crippen molar-refractivity contribution in [3.8, 4) is 0 Å². The molecular weight excluding hydrogens is 176 g/mol. The van der Waals surface area contributed by atoms with Gasteiger partial charge in [-0.3, -0.25) is 0 Å². The second-order valence-electron chi connectivity index (χ2n) is 4.75. The monoisotopic (exact) mass is 198 g/mol. The molecule has 1 aliphatic carbocycles. The lowest BCUT2D eigenvalue weighted by Crippen LogP contribution is -2.69. The molecule has 5 unspecified atom stereocenters. The molecule has 0 aromatic heterocycles. The number of ether oxygens (including phenoxy) is 1. The Hall–Kier alpha value is -0.120. The summed E-state index contributed by atoms with van der Waals surface area (Å²) in [5.74, 6) is 0.626. The predicted molar refractivity (Wildman–Crippen MR) is 57.1 cm³/mol. The molecule has 1 saturated heterocycles. The highest BCUT2D eigenvalue weighted by atomic mass is 16.5. The first-order chi connectivity index (χ1) is 6.74. The maximum absolute atomic E-state index is 6.11. The molecule has 3 nitrogen and oxygen atoms in total. The topological polar surface area (TPSA) is 47.3 Å². The Morgan fingerprint density at radius 3 is 3.07 bits per heavy atom. The van der Waals surface area contributed by atoms with E-state index in [0.717, 1.165) is 13.0 Å². The summed E-state index contributed by atoms with van der Waals surface area (Å²) >= 11 is 0. The van der Waals surface area contributed by atoms with Crippen molar-refractivity contribution in [1.29, 1.82) is 0 Å². The second-order valence-corrected chi connectivity index (χ2v) is 4.75. The van der Waals surface area contributed by atoms with E-state index in [9.17, 15) is 0 Å². The highest BCUT2D eigenvalue weighted by Crippen LogP contribution is 2.37. The van der Waals surface area contributed by atoms with E-state index in [2.05, 4.69) is 19.2 Å². The van der Waals surface area contributed by atoms with Gasteiger partial charge in [0.05, 0.1) is 6.10 Å². The number of fused-ring (bicyclic) bond motifs is 1. The van der Waals surface area contributed by atoms with E-state index in [1.54, 1.807) is 0 Å². The van der Waals surface area contributed by atoms with E-state index in [0.29, 0.717) is 30.1 Å². The average Bonchev–Trinajstić information content (AvgIpc) is 2.59.